The van der Waals surface area contributed by atoms with Crippen LogP contribution >= 0.6 is 0 Å². The van der Waals surface area contributed by atoms with Gasteiger partial charge < -0.3 is 19.3 Å². The fourth-order valence-electron chi connectivity index (χ4n) is 3.40. The molecule has 0 bridgehead atoms. The molecule has 24 heavy (non-hydrogen) atoms. The molecule has 4 heterocycles. The Labute approximate surface area is 138 Å². The van der Waals surface area contributed by atoms with Crippen molar-refractivity contribution in [2.24, 2.45) is 0 Å². The molecule has 0 radical (unpaired) electrons. The first kappa shape index (κ1) is 13.6. The first-order chi connectivity index (χ1) is 11.8. The van der Waals surface area contributed by atoms with E-state index >= 15 is 0 Å². The minimum Gasteiger partial charge on any atom is -0.454 e. The molecule has 1 amide bonds. The van der Waals surface area contributed by atoms with E-state index in [9.17, 15) is 4.79 Å². The molecule has 7 heteroatoms. The number of rotatable bonds is 2. The largest absolute Gasteiger partial charge is 0.454 e. The van der Waals surface area contributed by atoms with Gasteiger partial charge in [-0.15, -0.1) is 0 Å². The summed E-state index contributed by atoms with van der Waals surface area (Å²) in [6.07, 6.45) is 4.00. The maximum atomic E-state index is 12.7. The molecule has 0 atom stereocenters. The summed E-state index contributed by atoms with van der Waals surface area (Å²) < 4.78 is 10.7. The maximum absolute atomic E-state index is 12.7. The Bertz CT molecular complexity index is 833. The van der Waals surface area contributed by atoms with Crippen molar-refractivity contribution in [3.05, 3.63) is 35.7 Å². The van der Waals surface area contributed by atoms with Crippen molar-refractivity contribution in [1.82, 2.24) is 9.97 Å². The van der Waals surface area contributed by atoms with Gasteiger partial charge in [0.1, 0.15) is 0 Å². The van der Waals surface area contributed by atoms with Crippen LogP contribution < -0.4 is 19.3 Å². The number of hydrogen-bond donors (Lipinski definition) is 0. The third-order valence-corrected chi connectivity index (χ3v) is 4.70. The van der Waals surface area contributed by atoms with Gasteiger partial charge in [-0.25, -0.2) is 9.97 Å². The van der Waals surface area contributed by atoms with Gasteiger partial charge in [-0.05, 0) is 25.0 Å². The van der Waals surface area contributed by atoms with Crippen LogP contribution in [0.2, 0.25) is 0 Å². The van der Waals surface area contributed by atoms with E-state index in [2.05, 4.69) is 14.9 Å². The summed E-state index contributed by atoms with van der Waals surface area (Å²) >= 11 is 0. The van der Waals surface area contributed by atoms with Gasteiger partial charge in [0.25, 0.3) is 5.91 Å². The van der Waals surface area contributed by atoms with E-state index in [1.807, 2.05) is 18.2 Å². The fraction of sp³-hybridized carbons (Fsp3) is 0.353. The Kier molecular flexibility index (Phi) is 2.88. The standard InChI is InChI=1S/C17H16N4O3/c22-16-12-8-18-17(20-5-1-2-6-20)19-13(12)9-21(16)11-3-4-14-15(7-11)24-10-23-14/h3-4,7-8H,1-2,5-6,9-10H2. The third kappa shape index (κ3) is 2.01. The van der Waals surface area contributed by atoms with E-state index in [0.29, 0.717) is 23.6 Å². The monoisotopic (exact) mass is 324 g/mol. The van der Waals surface area contributed by atoms with E-state index in [0.717, 1.165) is 30.4 Å². The average molecular weight is 324 g/mol. The molecule has 1 aromatic carbocycles. The zero-order chi connectivity index (χ0) is 16.1. The van der Waals surface area contributed by atoms with Gasteiger partial charge in [0.05, 0.1) is 17.8 Å². The number of ether oxygens (including phenoxy) is 2. The summed E-state index contributed by atoms with van der Waals surface area (Å²) in [5.74, 6) is 2.03. The summed E-state index contributed by atoms with van der Waals surface area (Å²) in [6, 6.07) is 5.53. The van der Waals surface area contributed by atoms with E-state index in [1.165, 1.54) is 12.8 Å². The molecule has 0 spiro atoms. The molecule has 0 aliphatic carbocycles. The first-order valence-electron chi connectivity index (χ1n) is 8.12. The van der Waals surface area contributed by atoms with E-state index < -0.39 is 0 Å². The lowest BCUT2D eigenvalue weighted by Crippen LogP contribution is -2.22. The van der Waals surface area contributed by atoms with Gasteiger partial charge in [-0.2, -0.15) is 0 Å². The normalized spacial score (nSPS) is 18.4. The molecule has 5 rings (SSSR count). The molecule has 0 unspecified atom stereocenters. The summed E-state index contributed by atoms with van der Waals surface area (Å²) in [7, 11) is 0. The molecule has 7 nitrogen and oxygen atoms in total. The van der Waals surface area contributed by atoms with Crippen LogP contribution in [0.5, 0.6) is 11.5 Å². The number of hydrogen-bond acceptors (Lipinski definition) is 6. The second-order valence-corrected chi connectivity index (χ2v) is 6.15. The van der Waals surface area contributed by atoms with Gasteiger partial charge in [-0.1, -0.05) is 0 Å². The highest BCUT2D eigenvalue weighted by molar-refractivity contribution is 6.09. The highest BCUT2D eigenvalue weighted by Gasteiger charge is 2.32. The second-order valence-electron chi connectivity index (χ2n) is 6.15. The number of aromatic nitrogens is 2. The highest BCUT2D eigenvalue weighted by Crippen LogP contribution is 2.37. The van der Waals surface area contributed by atoms with Crippen LogP contribution in [-0.2, 0) is 6.54 Å². The Morgan fingerprint density at radius 2 is 1.92 bits per heavy atom. The zero-order valence-electron chi connectivity index (χ0n) is 13.1. The third-order valence-electron chi connectivity index (χ3n) is 4.70. The highest BCUT2D eigenvalue weighted by atomic mass is 16.7. The van der Waals surface area contributed by atoms with Crippen LogP contribution in [-0.4, -0.2) is 35.8 Å². The summed E-state index contributed by atoms with van der Waals surface area (Å²) in [5, 5.41) is 0. The average Bonchev–Trinajstić information content (AvgIpc) is 3.34. The predicted octanol–water partition coefficient (Wildman–Crippen LogP) is 1.97. The van der Waals surface area contributed by atoms with Crippen LogP contribution in [0.1, 0.15) is 28.9 Å². The number of carbonyl (C=O) groups excluding carboxylic acids is 1. The number of anilines is 2. The lowest BCUT2D eigenvalue weighted by Gasteiger charge is -2.16. The lowest BCUT2D eigenvalue weighted by molar-refractivity contribution is 0.0996. The quantitative estimate of drug-likeness (QED) is 0.841. The van der Waals surface area contributed by atoms with Crippen LogP contribution in [0, 0.1) is 0 Å². The zero-order valence-corrected chi connectivity index (χ0v) is 13.1. The molecular weight excluding hydrogens is 308 g/mol. The van der Waals surface area contributed by atoms with Gasteiger partial charge in [0, 0.05) is 31.0 Å². The molecule has 122 valence electrons. The van der Waals surface area contributed by atoms with Gasteiger partial charge in [0.15, 0.2) is 11.5 Å². The van der Waals surface area contributed by atoms with E-state index in [1.54, 1.807) is 11.1 Å². The summed E-state index contributed by atoms with van der Waals surface area (Å²) in [6.45, 7) is 2.64. The molecule has 2 aromatic rings. The topological polar surface area (TPSA) is 67.8 Å². The Morgan fingerprint density at radius 3 is 2.79 bits per heavy atom. The van der Waals surface area contributed by atoms with Gasteiger partial charge in [-0.3, -0.25) is 4.79 Å². The molecule has 1 saturated heterocycles. The molecular formula is C17H16N4O3. The number of benzene rings is 1. The molecule has 0 N–H and O–H groups in total. The Balaban J connectivity index is 1.46. The first-order valence-corrected chi connectivity index (χ1v) is 8.12. The van der Waals surface area contributed by atoms with Crippen molar-refractivity contribution < 1.29 is 14.3 Å². The molecule has 3 aliphatic heterocycles. The van der Waals surface area contributed by atoms with Crippen LogP contribution in [0.3, 0.4) is 0 Å². The number of amides is 1. The van der Waals surface area contributed by atoms with Gasteiger partial charge in [0.2, 0.25) is 12.7 Å². The lowest BCUT2D eigenvalue weighted by atomic mass is 10.2. The number of nitrogens with zero attached hydrogens (tertiary/aromatic N) is 4. The van der Waals surface area contributed by atoms with Crippen molar-refractivity contribution in [2.45, 2.75) is 19.4 Å². The Morgan fingerprint density at radius 1 is 1.08 bits per heavy atom. The molecule has 1 fully saturated rings. The van der Waals surface area contributed by atoms with Crippen LogP contribution in [0.15, 0.2) is 24.4 Å². The van der Waals surface area contributed by atoms with Gasteiger partial charge >= 0.3 is 0 Å². The molecule has 0 saturated carbocycles. The van der Waals surface area contributed by atoms with Crippen molar-refractivity contribution in [1.29, 1.82) is 0 Å². The Hall–Kier alpha value is -2.83. The van der Waals surface area contributed by atoms with Crippen molar-refractivity contribution in [3.63, 3.8) is 0 Å². The summed E-state index contributed by atoms with van der Waals surface area (Å²) in [4.78, 5) is 25.6. The molecule has 1 aromatic heterocycles. The minimum absolute atomic E-state index is 0.0724. The minimum atomic E-state index is -0.0724. The predicted molar refractivity (Wildman–Crippen MR) is 86.6 cm³/mol. The van der Waals surface area contributed by atoms with Crippen LogP contribution in [0.4, 0.5) is 11.6 Å². The van der Waals surface area contributed by atoms with E-state index in [-0.39, 0.29) is 12.7 Å². The number of carbonyl (C=O) groups is 1. The fourth-order valence-corrected chi connectivity index (χ4v) is 3.40. The maximum Gasteiger partial charge on any atom is 0.262 e. The second kappa shape index (κ2) is 5.09. The van der Waals surface area contributed by atoms with Crippen molar-refractivity contribution >= 4 is 17.5 Å². The van der Waals surface area contributed by atoms with Crippen molar-refractivity contribution in [3.8, 4) is 11.5 Å². The SMILES string of the molecule is O=C1c2cnc(N3CCCC3)nc2CN1c1ccc2c(c1)OCO2. The molecule has 3 aliphatic rings. The number of fused-ring (bicyclic) bond motifs is 2. The van der Waals surface area contributed by atoms with E-state index in [4.69, 9.17) is 9.47 Å². The summed E-state index contributed by atoms with van der Waals surface area (Å²) in [5.41, 5.74) is 2.15. The van der Waals surface area contributed by atoms with Crippen molar-refractivity contribution in [2.75, 3.05) is 29.7 Å². The van der Waals surface area contributed by atoms with Crippen LogP contribution in [0.25, 0.3) is 0 Å². The smallest absolute Gasteiger partial charge is 0.262 e.